The van der Waals surface area contributed by atoms with Crippen LogP contribution in [-0.2, 0) is 4.74 Å². The third kappa shape index (κ3) is 2.23. The van der Waals surface area contributed by atoms with Crippen LogP contribution in [0.4, 0.5) is 0 Å². The molecular formula is C11H22O2. The van der Waals surface area contributed by atoms with E-state index in [2.05, 4.69) is 20.8 Å². The van der Waals surface area contributed by atoms with Gasteiger partial charge in [0.25, 0.3) is 0 Å². The lowest BCUT2D eigenvalue weighted by atomic mass is 9.78. The highest BCUT2D eigenvalue weighted by atomic mass is 16.5. The molecule has 0 spiro atoms. The van der Waals surface area contributed by atoms with Gasteiger partial charge in [0.1, 0.15) is 0 Å². The van der Waals surface area contributed by atoms with Crippen LogP contribution in [0.1, 0.15) is 41.0 Å². The van der Waals surface area contributed by atoms with Crippen molar-refractivity contribution in [2.24, 2.45) is 11.8 Å². The molecule has 1 N–H and O–H groups in total. The second-order valence-electron chi connectivity index (χ2n) is 4.97. The van der Waals surface area contributed by atoms with Crippen LogP contribution in [0.2, 0.25) is 0 Å². The molecule has 4 unspecified atom stereocenters. The van der Waals surface area contributed by atoms with E-state index in [1.54, 1.807) is 0 Å². The maximum atomic E-state index is 10.2. The van der Waals surface area contributed by atoms with E-state index in [0.717, 1.165) is 6.42 Å². The Kier molecular flexibility index (Phi) is 3.03. The second-order valence-corrected chi connectivity index (χ2v) is 4.97. The fourth-order valence-electron chi connectivity index (χ4n) is 1.93. The Bertz CT molecular complexity index is 175. The van der Waals surface area contributed by atoms with Crippen molar-refractivity contribution in [3.8, 4) is 0 Å². The molecule has 1 rings (SSSR count). The molecular weight excluding hydrogens is 164 g/mol. The molecule has 0 saturated carbocycles. The molecule has 1 aliphatic heterocycles. The fraction of sp³-hybridized carbons (Fsp3) is 1.00. The molecule has 78 valence electrons. The monoisotopic (exact) mass is 186 g/mol. The minimum Gasteiger partial charge on any atom is -0.390 e. The van der Waals surface area contributed by atoms with E-state index >= 15 is 0 Å². The topological polar surface area (TPSA) is 29.5 Å². The van der Waals surface area contributed by atoms with Crippen LogP contribution < -0.4 is 0 Å². The zero-order chi connectivity index (χ0) is 10.2. The van der Waals surface area contributed by atoms with Gasteiger partial charge in [-0.1, -0.05) is 20.8 Å². The van der Waals surface area contributed by atoms with Crippen molar-refractivity contribution in [3.05, 3.63) is 0 Å². The molecule has 2 nitrogen and oxygen atoms in total. The normalized spacial score (nSPS) is 46.8. The van der Waals surface area contributed by atoms with Crippen LogP contribution >= 0.6 is 0 Å². The van der Waals surface area contributed by atoms with Gasteiger partial charge in [-0.2, -0.15) is 0 Å². The van der Waals surface area contributed by atoms with Gasteiger partial charge in [0.15, 0.2) is 0 Å². The summed E-state index contributed by atoms with van der Waals surface area (Å²) in [6.07, 6.45) is 1.13. The molecule has 4 atom stereocenters. The maximum Gasteiger partial charge on any atom is 0.0694 e. The van der Waals surface area contributed by atoms with Crippen molar-refractivity contribution >= 4 is 0 Å². The van der Waals surface area contributed by atoms with E-state index in [1.165, 1.54) is 0 Å². The first-order valence-corrected chi connectivity index (χ1v) is 5.22. The molecule has 1 aliphatic rings. The van der Waals surface area contributed by atoms with Gasteiger partial charge in [-0.05, 0) is 19.8 Å². The minimum atomic E-state index is -0.563. The number of aliphatic hydroxyl groups is 1. The first-order chi connectivity index (χ1) is 5.84. The van der Waals surface area contributed by atoms with Gasteiger partial charge in [-0.25, -0.2) is 0 Å². The summed E-state index contributed by atoms with van der Waals surface area (Å²) in [5.41, 5.74) is -0.563. The van der Waals surface area contributed by atoms with E-state index in [0.29, 0.717) is 5.92 Å². The van der Waals surface area contributed by atoms with Crippen molar-refractivity contribution in [1.29, 1.82) is 0 Å². The van der Waals surface area contributed by atoms with Crippen LogP contribution in [0.5, 0.6) is 0 Å². The minimum absolute atomic E-state index is 0.163. The van der Waals surface area contributed by atoms with Gasteiger partial charge in [-0.15, -0.1) is 0 Å². The van der Waals surface area contributed by atoms with Crippen LogP contribution in [0, 0.1) is 11.8 Å². The molecule has 1 fully saturated rings. The average Bonchev–Trinajstić information content (AvgIpc) is 1.99. The molecule has 2 heteroatoms. The molecule has 0 aliphatic carbocycles. The van der Waals surface area contributed by atoms with E-state index in [-0.39, 0.29) is 18.1 Å². The first-order valence-electron chi connectivity index (χ1n) is 5.22. The number of ether oxygens (including phenoxy) is 1. The predicted octanol–water partition coefficient (Wildman–Crippen LogP) is 2.21. The lowest BCUT2D eigenvalue weighted by Gasteiger charge is -2.44. The van der Waals surface area contributed by atoms with E-state index in [9.17, 15) is 5.11 Å². The van der Waals surface area contributed by atoms with Crippen LogP contribution in [0.3, 0.4) is 0 Å². The Morgan fingerprint density at radius 3 is 2.31 bits per heavy atom. The van der Waals surface area contributed by atoms with Crippen molar-refractivity contribution in [1.82, 2.24) is 0 Å². The molecule has 0 radical (unpaired) electrons. The SMILES string of the molecule is CC(C)C1CC(C)(O)C(C)C(C)O1. The van der Waals surface area contributed by atoms with Gasteiger partial charge in [0.05, 0.1) is 17.8 Å². The highest BCUT2D eigenvalue weighted by Crippen LogP contribution is 2.35. The van der Waals surface area contributed by atoms with E-state index in [1.807, 2.05) is 13.8 Å². The molecule has 13 heavy (non-hydrogen) atoms. The van der Waals surface area contributed by atoms with E-state index in [4.69, 9.17) is 4.74 Å². The molecule has 0 bridgehead atoms. The average molecular weight is 186 g/mol. The van der Waals surface area contributed by atoms with Crippen molar-refractivity contribution < 1.29 is 9.84 Å². The summed E-state index contributed by atoms with van der Waals surface area (Å²) in [6.45, 7) is 10.3. The quantitative estimate of drug-likeness (QED) is 0.680. The predicted molar refractivity (Wildman–Crippen MR) is 53.6 cm³/mol. The zero-order valence-electron chi connectivity index (χ0n) is 9.37. The highest BCUT2D eigenvalue weighted by molar-refractivity contribution is 4.91. The Labute approximate surface area is 81.3 Å². The molecule has 0 aromatic carbocycles. The van der Waals surface area contributed by atoms with Crippen LogP contribution in [-0.4, -0.2) is 22.9 Å². The molecule has 0 aromatic rings. The number of rotatable bonds is 1. The smallest absolute Gasteiger partial charge is 0.0694 e. The molecule has 0 amide bonds. The third-order valence-corrected chi connectivity index (χ3v) is 3.43. The van der Waals surface area contributed by atoms with Gasteiger partial charge >= 0.3 is 0 Å². The highest BCUT2D eigenvalue weighted by Gasteiger charge is 2.41. The molecule has 1 heterocycles. The summed E-state index contributed by atoms with van der Waals surface area (Å²) >= 11 is 0. The Balaban J connectivity index is 2.70. The fourth-order valence-corrected chi connectivity index (χ4v) is 1.93. The van der Waals surface area contributed by atoms with Crippen molar-refractivity contribution in [2.45, 2.75) is 58.8 Å². The van der Waals surface area contributed by atoms with Gasteiger partial charge in [-0.3, -0.25) is 0 Å². The Morgan fingerprint density at radius 2 is 1.92 bits per heavy atom. The summed E-state index contributed by atoms with van der Waals surface area (Å²) in [6, 6.07) is 0. The summed E-state index contributed by atoms with van der Waals surface area (Å²) in [5.74, 6) is 0.712. The zero-order valence-corrected chi connectivity index (χ0v) is 9.37. The molecule has 0 aromatic heterocycles. The van der Waals surface area contributed by atoms with Crippen molar-refractivity contribution in [2.75, 3.05) is 0 Å². The standard InChI is InChI=1S/C11H22O2/c1-7(2)10-6-11(5,12)8(3)9(4)13-10/h7-10,12H,6H2,1-5H3. The number of hydrogen-bond acceptors (Lipinski definition) is 2. The molecule has 1 saturated heterocycles. The van der Waals surface area contributed by atoms with Crippen LogP contribution in [0.25, 0.3) is 0 Å². The summed E-state index contributed by atoms with van der Waals surface area (Å²) < 4.78 is 5.84. The first kappa shape index (κ1) is 11.0. The summed E-state index contributed by atoms with van der Waals surface area (Å²) in [4.78, 5) is 0. The third-order valence-electron chi connectivity index (χ3n) is 3.43. The lowest BCUT2D eigenvalue weighted by molar-refractivity contribution is -0.178. The largest absolute Gasteiger partial charge is 0.390 e. The van der Waals surface area contributed by atoms with Gasteiger partial charge < -0.3 is 9.84 Å². The van der Waals surface area contributed by atoms with Crippen LogP contribution in [0.15, 0.2) is 0 Å². The Hall–Kier alpha value is -0.0800. The van der Waals surface area contributed by atoms with E-state index < -0.39 is 5.60 Å². The lowest BCUT2D eigenvalue weighted by Crippen LogP contribution is -2.50. The number of hydrogen-bond donors (Lipinski definition) is 1. The maximum absolute atomic E-state index is 10.2. The van der Waals surface area contributed by atoms with Gasteiger partial charge in [0, 0.05) is 12.3 Å². The summed E-state index contributed by atoms with van der Waals surface area (Å²) in [5, 5.41) is 10.2. The van der Waals surface area contributed by atoms with Crippen molar-refractivity contribution in [3.63, 3.8) is 0 Å². The summed E-state index contributed by atoms with van der Waals surface area (Å²) in [7, 11) is 0. The Morgan fingerprint density at radius 1 is 1.38 bits per heavy atom. The van der Waals surface area contributed by atoms with Gasteiger partial charge in [0.2, 0.25) is 0 Å². The second kappa shape index (κ2) is 3.58.